The van der Waals surface area contributed by atoms with E-state index in [1.54, 1.807) is 12.1 Å². The molecule has 24 heavy (non-hydrogen) atoms. The minimum atomic E-state index is -3.63. The Morgan fingerprint density at radius 2 is 1.75 bits per heavy atom. The van der Waals surface area contributed by atoms with Crippen molar-refractivity contribution in [2.75, 3.05) is 5.32 Å². The van der Waals surface area contributed by atoms with Crippen LogP contribution in [0, 0.1) is 20.8 Å². The fraction of sp³-hybridized carbons (Fsp3) is 0.278. The van der Waals surface area contributed by atoms with Gasteiger partial charge in [0.1, 0.15) is 0 Å². The smallest absolute Gasteiger partial charge is 0.240 e. The van der Waals surface area contributed by atoms with E-state index >= 15 is 0 Å². The van der Waals surface area contributed by atoms with E-state index in [9.17, 15) is 13.2 Å². The summed E-state index contributed by atoms with van der Waals surface area (Å²) in [5.74, 6) is -0.113. The molecule has 0 fully saturated rings. The number of amides is 1. The highest BCUT2D eigenvalue weighted by molar-refractivity contribution is 7.89. The number of hydrogen-bond donors (Lipinski definition) is 2. The van der Waals surface area contributed by atoms with Crippen molar-refractivity contribution in [1.82, 2.24) is 4.72 Å². The predicted octanol–water partition coefficient (Wildman–Crippen LogP) is 2.58. The summed E-state index contributed by atoms with van der Waals surface area (Å²) in [6, 6.07) is 8.78. The quantitative estimate of drug-likeness (QED) is 0.895. The summed E-state index contributed by atoms with van der Waals surface area (Å²) < 4.78 is 27.7. The van der Waals surface area contributed by atoms with Crippen LogP contribution >= 0.6 is 0 Å². The molecule has 126 valence electrons. The average Bonchev–Trinajstić information content (AvgIpc) is 2.88. The van der Waals surface area contributed by atoms with E-state index < -0.39 is 10.0 Å². The first kappa shape index (κ1) is 16.7. The maximum absolute atomic E-state index is 12.5. The molecule has 2 N–H and O–H groups in total. The molecule has 1 heterocycles. The third-order valence-electron chi connectivity index (χ3n) is 4.42. The predicted molar refractivity (Wildman–Crippen MR) is 93.5 cm³/mol. The zero-order valence-electron chi connectivity index (χ0n) is 13.9. The van der Waals surface area contributed by atoms with Crippen LogP contribution in [-0.4, -0.2) is 14.3 Å². The molecule has 0 atom stereocenters. The summed E-state index contributed by atoms with van der Waals surface area (Å²) in [6.07, 6.45) is 0.217. The standard InChI is InChI=1S/C18H20N2O3S/c1-11-6-13(3)15(7-12(11)2)10-19-24(22,23)16-4-5-17-14(8-16)9-18(21)20-17/h4-8,19H,9-10H2,1-3H3,(H,20,21). The first-order chi connectivity index (χ1) is 11.3. The van der Waals surface area contributed by atoms with Crippen molar-refractivity contribution in [3.05, 3.63) is 58.1 Å². The molecule has 3 rings (SSSR count). The molecule has 1 amide bonds. The van der Waals surface area contributed by atoms with Crippen molar-refractivity contribution < 1.29 is 13.2 Å². The summed E-state index contributed by atoms with van der Waals surface area (Å²) in [5, 5.41) is 2.70. The lowest BCUT2D eigenvalue weighted by atomic mass is 10.0. The maximum atomic E-state index is 12.5. The average molecular weight is 344 g/mol. The Kier molecular flexibility index (Phi) is 4.19. The molecule has 1 aliphatic rings. The second-order valence-corrected chi connectivity index (χ2v) is 8.00. The van der Waals surface area contributed by atoms with Crippen LogP contribution in [0.4, 0.5) is 5.69 Å². The highest BCUT2D eigenvalue weighted by Crippen LogP contribution is 2.26. The van der Waals surface area contributed by atoms with E-state index in [2.05, 4.69) is 16.1 Å². The van der Waals surface area contributed by atoms with Gasteiger partial charge in [0.15, 0.2) is 0 Å². The van der Waals surface area contributed by atoms with Crippen LogP contribution in [0.3, 0.4) is 0 Å². The summed E-state index contributed by atoms with van der Waals surface area (Å²) in [5.41, 5.74) is 5.74. The van der Waals surface area contributed by atoms with Crippen LogP contribution in [0.5, 0.6) is 0 Å². The summed E-state index contributed by atoms with van der Waals surface area (Å²) >= 11 is 0. The minimum absolute atomic E-state index is 0.113. The SMILES string of the molecule is Cc1cc(C)c(CNS(=O)(=O)c2ccc3c(c2)CC(=O)N3)cc1C. The van der Waals surface area contributed by atoms with E-state index in [4.69, 9.17) is 0 Å². The number of anilines is 1. The first-order valence-corrected chi connectivity index (χ1v) is 9.24. The van der Waals surface area contributed by atoms with Crippen molar-refractivity contribution >= 4 is 21.6 Å². The molecule has 0 saturated carbocycles. The minimum Gasteiger partial charge on any atom is -0.326 e. The maximum Gasteiger partial charge on any atom is 0.240 e. The van der Waals surface area contributed by atoms with Gasteiger partial charge in [0.2, 0.25) is 15.9 Å². The van der Waals surface area contributed by atoms with Gasteiger partial charge < -0.3 is 5.32 Å². The topological polar surface area (TPSA) is 75.3 Å². The second-order valence-electron chi connectivity index (χ2n) is 6.23. The molecule has 2 aromatic carbocycles. The molecular formula is C18H20N2O3S. The lowest BCUT2D eigenvalue weighted by Gasteiger charge is -2.12. The number of carbonyl (C=O) groups excluding carboxylic acids is 1. The first-order valence-electron chi connectivity index (χ1n) is 7.75. The molecule has 5 nitrogen and oxygen atoms in total. The Hall–Kier alpha value is -2.18. The van der Waals surface area contributed by atoms with Crippen LogP contribution in [-0.2, 0) is 27.8 Å². The molecule has 0 unspecified atom stereocenters. The Labute approximate surface area is 142 Å². The summed E-state index contributed by atoms with van der Waals surface area (Å²) in [7, 11) is -3.63. The molecule has 0 bridgehead atoms. The number of nitrogens with one attached hydrogen (secondary N) is 2. The van der Waals surface area contributed by atoms with Crippen LogP contribution in [0.15, 0.2) is 35.2 Å². The Balaban J connectivity index is 1.81. The van der Waals surface area contributed by atoms with E-state index in [1.165, 1.54) is 11.6 Å². The highest BCUT2D eigenvalue weighted by Gasteiger charge is 2.21. The molecule has 0 aliphatic carbocycles. The zero-order valence-corrected chi connectivity index (χ0v) is 14.8. The number of benzene rings is 2. The van der Waals surface area contributed by atoms with E-state index in [-0.39, 0.29) is 23.8 Å². The van der Waals surface area contributed by atoms with Gasteiger partial charge in [-0.05, 0) is 66.8 Å². The number of carbonyl (C=O) groups is 1. The van der Waals surface area contributed by atoms with Gasteiger partial charge in [-0.25, -0.2) is 13.1 Å². The summed E-state index contributed by atoms with van der Waals surface area (Å²) in [6.45, 7) is 6.26. The number of hydrogen-bond acceptors (Lipinski definition) is 3. The third-order valence-corrected chi connectivity index (χ3v) is 5.82. The number of fused-ring (bicyclic) bond motifs is 1. The molecule has 1 aliphatic heterocycles. The fourth-order valence-electron chi connectivity index (χ4n) is 2.84. The molecule has 0 spiro atoms. The Bertz CT molecular complexity index is 934. The highest BCUT2D eigenvalue weighted by atomic mass is 32.2. The molecule has 2 aromatic rings. The molecule has 0 saturated heterocycles. The monoisotopic (exact) mass is 344 g/mol. The van der Waals surface area contributed by atoms with Crippen LogP contribution in [0.1, 0.15) is 27.8 Å². The van der Waals surface area contributed by atoms with Crippen molar-refractivity contribution in [3.8, 4) is 0 Å². The van der Waals surface area contributed by atoms with Gasteiger partial charge in [-0.2, -0.15) is 0 Å². The Morgan fingerprint density at radius 1 is 1.04 bits per heavy atom. The number of aryl methyl sites for hydroxylation is 3. The lowest BCUT2D eigenvalue weighted by Crippen LogP contribution is -2.23. The third kappa shape index (κ3) is 3.20. The van der Waals surface area contributed by atoms with E-state index in [0.29, 0.717) is 11.3 Å². The van der Waals surface area contributed by atoms with E-state index in [0.717, 1.165) is 16.7 Å². The van der Waals surface area contributed by atoms with Crippen molar-refractivity contribution in [2.45, 2.75) is 38.6 Å². The lowest BCUT2D eigenvalue weighted by molar-refractivity contribution is -0.115. The fourth-order valence-corrected chi connectivity index (χ4v) is 3.90. The van der Waals surface area contributed by atoms with Crippen LogP contribution in [0.25, 0.3) is 0 Å². The van der Waals surface area contributed by atoms with Gasteiger partial charge in [-0.15, -0.1) is 0 Å². The van der Waals surface area contributed by atoms with Gasteiger partial charge in [0.25, 0.3) is 0 Å². The van der Waals surface area contributed by atoms with Gasteiger partial charge in [0, 0.05) is 12.2 Å². The van der Waals surface area contributed by atoms with Crippen LogP contribution < -0.4 is 10.0 Å². The van der Waals surface area contributed by atoms with Gasteiger partial charge in [0.05, 0.1) is 11.3 Å². The van der Waals surface area contributed by atoms with E-state index in [1.807, 2.05) is 26.8 Å². The van der Waals surface area contributed by atoms with Crippen molar-refractivity contribution in [2.24, 2.45) is 0 Å². The summed E-state index contributed by atoms with van der Waals surface area (Å²) in [4.78, 5) is 11.6. The normalized spacial score (nSPS) is 13.7. The molecule has 0 aromatic heterocycles. The second kappa shape index (κ2) is 6.03. The molecule has 6 heteroatoms. The number of rotatable bonds is 4. The van der Waals surface area contributed by atoms with Gasteiger partial charge in [-0.3, -0.25) is 4.79 Å². The Morgan fingerprint density at radius 3 is 2.50 bits per heavy atom. The molecule has 0 radical (unpaired) electrons. The largest absolute Gasteiger partial charge is 0.326 e. The van der Waals surface area contributed by atoms with Crippen molar-refractivity contribution in [1.29, 1.82) is 0 Å². The number of sulfonamides is 1. The van der Waals surface area contributed by atoms with Crippen LogP contribution in [0.2, 0.25) is 0 Å². The van der Waals surface area contributed by atoms with Gasteiger partial charge >= 0.3 is 0 Å². The van der Waals surface area contributed by atoms with Gasteiger partial charge in [-0.1, -0.05) is 12.1 Å². The van der Waals surface area contributed by atoms with Crippen molar-refractivity contribution in [3.63, 3.8) is 0 Å². The zero-order chi connectivity index (χ0) is 17.5. The molecular weight excluding hydrogens is 324 g/mol.